The second-order valence-corrected chi connectivity index (χ2v) is 8.58. The molecule has 0 spiro atoms. The first-order chi connectivity index (χ1) is 11.5. The second-order valence-electron chi connectivity index (χ2n) is 6.65. The average molecular weight is 351 g/mol. The molecule has 6 nitrogen and oxygen atoms in total. The highest BCUT2D eigenvalue weighted by Gasteiger charge is 2.32. The molecule has 1 aromatic rings. The van der Waals surface area contributed by atoms with Crippen molar-refractivity contribution in [2.75, 3.05) is 19.6 Å². The molecule has 7 heteroatoms. The maximum atomic E-state index is 12.7. The summed E-state index contributed by atoms with van der Waals surface area (Å²) in [7, 11) is -3.53. The third-order valence-corrected chi connectivity index (χ3v) is 6.71. The van der Waals surface area contributed by atoms with Crippen molar-refractivity contribution in [3.8, 4) is 0 Å². The number of hydrogen-bond acceptors (Lipinski definition) is 4. The number of piperidine rings is 1. The predicted octanol–water partition coefficient (Wildman–Crippen LogP) is 1.33. The van der Waals surface area contributed by atoms with Crippen LogP contribution in [0.15, 0.2) is 29.2 Å². The number of nitrogens with two attached hydrogens (primary N) is 1. The highest BCUT2D eigenvalue weighted by Crippen LogP contribution is 2.32. The number of hydrogen-bond donors (Lipinski definition) is 2. The van der Waals surface area contributed by atoms with Crippen LogP contribution in [-0.2, 0) is 10.0 Å². The SMILES string of the molecule is NCC(NC(=O)c1cccc(S(=O)(=O)N2CCCCC2)c1)C1CC1. The molecule has 1 aliphatic heterocycles. The van der Waals surface area contributed by atoms with Crippen LogP contribution in [0.5, 0.6) is 0 Å². The van der Waals surface area contributed by atoms with E-state index >= 15 is 0 Å². The number of nitrogens with one attached hydrogen (secondary N) is 1. The summed E-state index contributed by atoms with van der Waals surface area (Å²) in [6.45, 7) is 1.51. The van der Waals surface area contributed by atoms with E-state index < -0.39 is 10.0 Å². The molecule has 0 radical (unpaired) electrons. The predicted molar refractivity (Wildman–Crippen MR) is 92.1 cm³/mol. The van der Waals surface area contributed by atoms with Crippen molar-refractivity contribution < 1.29 is 13.2 Å². The quantitative estimate of drug-likeness (QED) is 0.809. The summed E-state index contributed by atoms with van der Waals surface area (Å²) in [4.78, 5) is 12.6. The van der Waals surface area contributed by atoms with E-state index in [1.165, 1.54) is 10.4 Å². The molecule has 3 N–H and O–H groups in total. The maximum absolute atomic E-state index is 12.7. The van der Waals surface area contributed by atoms with Gasteiger partial charge in [-0.05, 0) is 49.8 Å². The van der Waals surface area contributed by atoms with E-state index in [1.54, 1.807) is 18.2 Å². The van der Waals surface area contributed by atoms with Crippen LogP contribution in [0.25, 0.3) is 0 Å². The molecular weight excluding hydrogens is 326 g/mol. The topological polar surface area (TPSA) is 92.5 Å². The van der Waals surface area contributed by atoms with E-state index in [1.807, 2.05) is 0 Å². The van der Waals surface area contributed by atoms with Crippen LogP contribution in [0.1, 0.15) is 42.5 Å². The third-order valence-electron chi connectivity index (χ3n) is 4.81. The molecule has 1 heterocycles. The molecule has 0 bridgehead atoms. The van der Waals surface area contributed by atoms with Crippen LogP contribution in [0.2, 0.25) is 0 Å². The lowest BCUT2D eigenvalue weighted by molar-refractivity contribution is 0.0933. The van der Waals surface area contributed by atoms with Crippen molar-refractivity contribution in [2.24, 2.45) is 11.7 Å². The van der Waals surface area contributed by atoms with Gasteiger partial charge in [-0.3, -0.25) is 4.79 Å². The molecule has 24 heavy (non-hydrogen) atoms. The largest absolute Gasteiger partial charge is 0.348 e. The molecular formula is C17H25N3O3S. The van der Waals surface area contributed by atoms with Gasteiger partial charge in [0.25, 0.3) is 5.91 Å². The van der Waals surface area contributed by atoms with E-state index in [0.29, 0.717) is 31.1 Å². The van der Waals surface area contributed by atoms with Crippen molar-refractivity contribution in [1.82, 2.24) is 9.62 Å². The third kappa shape index (κ3) is 3.79. The van der Waals surface area contributed by atoms with Gasteiger partial charge in [-0.2, -0.15) is 4.31 Å². The first kappa shape index (κ1) is 17.4. The maximum Gasteiger partial charge on any atom is 0.251 e. The van der Waals surface area contributed by atoms with E-state index in [0.717, 1.165) is 32.1 Å². The Bertz CT molecular complexity index is 695. The Hall–Kier alpha value is -1.44. The number of sulfonamides is 1. The van der Waals surface area contributed by atoms with Crippen molar-refractivity contribution in [3.63, 3.8) is 0 Å². The van der Waals surface area contributed by atoms with Crippen LogP contribution in [0.4, 0.5) is 0 Å². The summed E-state index contributed by atoms with van der Waals surface area (Å²) in [5, 5.41) is 2.93. The molecule has 132 valence electrons. The Morgan fingerprint density at radius 2 is 1.96 bits per heavy atom. The average Bonchev–Trinajstić information content (AvgIpc) is 3.45. The standard InChI is InChI=1S/C17H25N3O3S/c18-12-16(13-7-8-13)19-17(21)14-5-4-6-15(11-14)24(22,23)20-9-2-1-3-10-20/h4-6,11,13,16H,1-3,7-10,12,18H2,(H,19,21). The number of amides is 1. The second kappa shape index (κ2) is 7.21. The summed E-state index contributed by atoms with van der Waals surface area (Å²) in [5.41, 5.74) is 6.09. The molecule has 2 fully saturated rings. The summed E-state index contributed by atoms with van der Waals surface area (Å²) >= 11 is 0. The Balaban J connectivity index is 1.76. The molecule has 3 rings (SSSR count). The zero-order valence-corrected chi connectivity index (χ0v) is 14.6. The van der Waals surface area contributed by atoms with Gasteiger partial charge >= 0.3 is 0 Å². The lowest BCUT2D eigenvalue weighted by atomic mass is 10.1. The van der Waals surface area contributed by atoms with Gasteiger partial charge in [-0.15, -0.1) is 0 Å². The number of nitrogens with zero attached hydrogens (tertiary/aromatic N) is 1. The highest BCUT2D eigenvalue weighted by atomic mass is 32.2. The Morgan fingerprint density at radius 1 is 1.25 bits per heavy atom. The van der Waals surface area contributed by atoms with Gasteiger partial charge in [0.2, 0.25) is 10.0 Å². The van der Waals surface area contributed by atoms with E-state index in [9.17, 15) is 13.2 Å². The molecule has 0 aromatic heterocycles. The molecule has 1 saturated carbocycles. The van der Waals surface area contributed by atoms with Crippen LogP contribution < -0.4 is 11.1 Å². The zero-order valence-electron chi connectivity index (χ0n) is 13.8. The molecule has 1 unspecified atom stereocenters. The van der Waals surface area contributed by atoms with Crippen molar-refractivity contribution in [2.45, 2.75) is 43.0 Å². The molecule has 1 aromatic carbocycles. The number of carbonyl (C=O) groups is 1. The minimum absolute atomic E-state index is 0.0279. The van der Waals surface area contributed by atoms with Gasteiger partial charge in [0.15, 0.2) is 0 Å². The van der Waals surface area contributed by atoms with Gasteiger partial charge in [-0.1, -0.05) is 12.5 Å². The fourth-order valence-corrected chi connectivity index (χ4v) is 4.74. The number of carbonyl (C=O) groups excluding carboxylic acids is 1. The lowest BCUT2D eigenvalue weighted by Crippen LogP contribution is -2.41. The molecule has 1 saturated heterocycles. The molecule has 2 aliphatic rings. The first-order valence-corrected chi connectivity index (χ1v) is 10.1. The summed E-state index contributed by atoms with van der Waals surface area (Å²) in [5.74, 6) is 0.201. The minimum Gasteiger partial charge on any atom is -0.348 e. The van der Waals surface area contributed by atoms with Crippen LogP contribution in [0, 0.1) is 5.92 Å². The Morgan fingerprint density at radius 3 is 2.58 bits per heavy atom. The van der Waals surface area contributed by atoms with Crippen LogP contribution in [0.3, 0.4) is 0 Å². The fraction of sp³-hybridized carbons (Fsp3) is 0.588. The van der Waals surface area contributed by atoms with Crippen molar-refractivity contribution in [3.05, 3.63) is 29.8 Å². The zero-order chi connectivity index (χ0) is 17.2. The number of rotatable bonds is 6. The number of benzene rings is 1. The van der Waals surface area contributed by atoms with Crippen molar-refractivity contribution in [1.29, 1.82) is 0 Å². The molecule has 1 amide bonds. The Kier molecular flexibility index (Phi) is 5.22. The van der Waals surface area contributed by atoms with Crippen molar-refractivity contribution >= 4 is 15.9 Å². The molecule has 1 atom stereocenters. The summed E-state index contributed by atoms with van der Waals surface area (Å²) in [6, 6.07) is 6.27. The van der Waals surface area contributed by atoms with E-state index in [2.05, 4.69) is 5.32 Å². The molecule has 1 aliphatic carbocycles. The minimum atomic E-state index is -3.53. The Labute approximate surface area is 143 Å². The van der Waals surface area contributed by atoms with Gasteiger partial charge in [-0.25, -0.2) is 8.42 Å². The van der Waals surface area contributed by atoms with Crippen LogP contribution in [-0.4, -0.2) is 44.3 Å². The highest BCUT2D eigenvalue weighted by molar-refractivity contribution is 7.89. The summed E-state index contributed by atoms with van der Waals surface area (Å²) in [6.07, 6.45) is 5.02. The summed E-state index contributed by atoms with van der Waals surface area (Å²) < 4.78 is 27.0. The van der Waals surface area contributed by atoms with Crippen LogP contribution >= 0.6 is 0 Å². The monoisotopic (exact) mass is 351 g/mol. The van der Waals surface area contributed by atoms with E-state index in [4.69, 9.17) is 5.73 Å². The lowest BCUT2D eigenvalue weighted by Gasteiger charge is -2.26. The smallest absolute Gasteiger partial charge is 0.251 e. The van der Waals surface area contributed by atoms with Gasteiger partial charge in [0.05, 0.1) is 4.90 Å². The normalized spacial score (nSPS) is 20.5. The van der Waals surface area contributed by atoms with Gasteiger partial charge in [0.1, 0.15) is 0 Å². The van der Waals surface area contributed by atoms with E-state index in [-0.39, 0.29) is 16.8 Å². The fourth-order valence-electron chi connectivity index (χ4n) is 3.17. The first-order valence-electron chi connectivity index (χ1n) is 8.63. The van der Waals surface area contributed by atoms with Gasteiger partial charge < -0.3 is 11.1 Å². The van der Waals surface area contributed by atoms with Gasteiger partial charge in [0, 0.05) is 31.2 Å².